The second-order valence-corrected chi connectivity index (χ2v) is 6.21. The predicted octanol–water partition coefficient (Wildman–Crippen LogP) is 2.32. The first-order chi connectivity index (χ1) is 9.54. The van der Waals surface area contributed by atoms with Crippen molar-refractivity contribution in [3.05, 3.63) is 23.2 Å². The molecule has 1 aliphatic carbocycles. The Morgan fingerprint density at radius 3 is 2.90 bits per heavy atom. The minimum atomic E-state index is 0.0190. The lowest BCUT2D eigenvalue weighted by atomic mass is 10.2. The van der Waals surface area contributed by atoms with Gasteiger partial charge in [0.1, 0.15) is 9.71 Å². The van der Waals surface area contributed by atoms with Crippen LogP contribution in [-0.4, -0.2) is 33.2 Å². The molecular weight excluding hydrogens is 272 g/mol. The van der Waals surface area contributed by atoms with Gasteiger partial charge >= 0.3 is 0 Å². The molecule has 2 heterocycles. The Labute approximate surface area is 121 Å². The maximum Gasteiger partial charge on any atom is 0.266 e. The number of nitrogens with zero attached hydrogens (tertiary/aromatic N) is 3. The fraction of sp³-hybridized carbons (Fsp3) is 0.429. The number of amides is 1. The first-order valence-corrected chi connectivity index (χ1v) is 7.49. The van der Waals surface area contributed by atoms with Gasteiger partial charge in [0.05, 0.1) is 16.8 Å². The van der Waals surface area contributed by atoms with Gasteiger partial charge in [-0.05, 0) is 19.8 Å². The fourth-order valence-electron chi connectivity index (χ4n) is 2.54. The summed E-state index contributed by atoms with van der Waals surface area (Å²) in [6, 6.07) is 0.351. The number of carbonyl (C=O) groups excluding carboxylic acids is 1. The molecule has 20 heavy (non-hydrogen) atoms. The molecule has 2 N–H and O–H groups in total. The maximum atomic E-state index is 12.7. The summed E-state index contributed by atoms with van der Waals surface area (Å²) in [6.07, 6.45) is 3.92. The standard InChI is InChI=1S/C14H18N4OS/c1-4-7-18(9-5-6-9)13(19)12-11(15)10-8(2)16-17(3)14(10)20-12/h4,9H,1,5-7,15H2,2-3H3. The van der Waals surface area contributed by atoms with Crippen LogP contribution in [0.15, 0.2) is 12.7 Å². The molecule has 0 aromatic carbocycles. The Morgan fingerprint density at radius 1 is 1.65 bits per heavy atom. The molecule has 0 unspecified atom stereocenters. The Hall–Kier alpha value is -1.82. The van der Waals surface area contributed by atoms with Gasteiger partial charge < -0.3 is 10.6 Å². The molecule has 0 radical (unpaired) electrons. The Morgan fingerprint density at radius 2 is 2.35 bits per heavy atom. The molecule has 0 spiro atoms. The third-order valence-corrected chi connectivity index (χ3v) is 4.91. The van der Waals surface area contributed by atoms with E-state index >= 15 is 0 Å². The van der Waals surface area contributed by atoms with Crippen LogP contribution in [0.5, 0.6) is 0 Å². The lowest BCUT2D eigenvalue weighted by Crippen LogP contribution is -2.33. The number of rotatable bonds is 4. The molecule has 106 valence electrons. The molecule has 2 aromatic heterocycles. The van der Waals surface area contributed by atoms with Crippen molar-refractivity contribution in [1.29, 1.82) is 0 Å². The fourth-order valence-corrected chi connectivity index (χ4v) is 3.68. The van der Waals surface area contributed by atoms with Gasteiger partial charge in [0.2, 0.25) is 0 Å². The van der Waals surface area contributed by atoms with Crippen LogP contribution in [-0.2, 0) is 7.05 Å². The van der Waals surface area contributed by atoms with E-state index in [-0.39, 0.29) is 5.91 Å². The quantitative estimate of drug-likeness (QED) is 0.879. The van der Waals surface area contributed by atoms with Crippen LogP contribution in [0.4, 0.5) is 5.69 Å². The molecule has 0 aliphatic heterocycles. The molecule has 3 rings (SSSR count). The second kappa shape index (κ2) is 4.63. The maximum absolute atomic E-state index is 12.7. The van der Waals surface area contributed by atoms with Crippen molar-refractivity contribution in [3.63, 3.8) is 0 Å². The summed E-state index contributed by atoms with van der Waals surface area (Å²) in [5.41, 5.74) is 7.63. The van der Waals surface area contributed by atoms with E-state index in [4.69, 9.17) is 5.73 Å². The van der Waals surface area contributed by atoms with Crippen LogP contribution in [0.2, 0.25) is 0 Å². The monoisotopic (exact) mass is 290 g/mol. The van der Waals surface area contributed by atoms with Gasteiger partial charge in [0.25, 0.3) is 5.91 Å². The van der Waals surface area contributed by atoms with Crippen molar-refractivity contribution in [2.75, 3.05) is 12.3 Å². The van der Waals surface area contributed by atoms with Crippen LogP contribution in [0.1, 0.15) is 28.2 Å². The second-order valence-electron chi connectivity index (χ2n) is 5.21. The highest BCUT2D eigenvalue weighted by Crippen LogP contribution is 2.38. The number of thiophene rings is 1. The van der Waals surface area contributed by atoms with E-state index in [1.165, 1.54) is 11.3 Å². The zero-order chi connectivity index (χ0) is 14.4. The Bertz CT molecular complexity index is 696. The number of hydrogen-bond acceptors (Lipinski definition) is 4. The highest BCUT2D eigenvalue weighted by molar-refractivity contribution is 7.21. The largest absolute Gasteiger partial charge is 0.397 e. The predicted molar refractivity (Wildman–Crippen MR) is 82.0 cm³/mol. The third kappa shape index (κ3) is 1.91. The molecule has 1 fully saturated rings. The molecule has 0 bridgehead atoms. The van der Waals surface area contributed by atoms with Crippen LogP contribution in [0.3, 0.4) is 0 Å². The van der Waals surface area contributed by atoms with Gasteiger partial charge in [-0.3, -0.25) is 9.48 Å². The van der Waals surface area contributed by atoms with Crippen LogP contribution < -0.4 is 5.73 Å². The van der Waals surface area contributed by atoms with Gasteiger partial charge in [-0.2, -0.15) is 5.10 Å². The smallest absolute Gasteiger partial charge is 0.266 e. The number of aromatic nitrogens is 2. The minimum Gasteiger partial charge on any atom is -0.397 e. The topological polar surface area (TPSA) is 64.2 Å². The van der Waals surface area contributed by atoms with Crippen molar-refractivity contribution in [2.45, 2.75) is 25.8 Å². The van der Waals surface area contributed by atoms with E-state index in [9.17, 15) is 4.79 Å². The number of nitrogen functional groups attached to an aromatic ring is 1. The van der Waals surface area contributed by atoms with Gasteiger partial charge in [0, 0.05) is 19.6 Å². The zero-order valence-electron chi connectivity index (χ0n) is 11.7. The average molecular weight is 290 g/mol. The highest BCUT2D eigenvalue weighted by Gasteiger charge is 2.34. The van der Waals surface area contributed by atoms with E-state index in [1.54, 1.807) is 10.8 Å². The zero-order valence-corrected chi connectivity index (χ0v) is 12.5. The van der Waals surface area contributed by atoms with Gasteiger partial charge in [-0.25, -0.2) is 0 Å². The summed E-state index contributed by atoms with van der Waals surface area (Å²) >= 11 is 1.43. The summed E-state index contributed by atoms with van der Waals surface area (Å²) in [4.78, 5) is 16.2. The molecule has 6 heteroatoms. The lowest BCUT2D eigenvalue weighted by Gasteiger charge is -2.20. The Balaban J connectivity index is 2.04. The molecule has 5 nitrogen and oxygen atoms in total. The molecule has 1 amide bonds. The van der Waals surface area contributed by atoms with Gasteiger partial charge in [0.15, 0.2) is 0 Å². The summed E-state index contributed by atoms with van der Waals surface area (Å²) in [7, 11) is 1.88. The summed E-state index contributed by atoms with van der Waals surface area (Å²) in [5, 5.41) is 5.26. The molecule has 2 aromatic rings. The van der Waals surface area contributed by atoms with Crippen LogP contribution >= 0.6 is 11.3 Å². The van der Waals surface area contributed by atoms with Crippen molar-refractivity contribution >= 4 is 33.1 Å². The number of aryl methyl sites for hydroxylation is 2. The number of anilines is 1. The van der Waals surface area contributed by atoms with E-state index in [0.717, 1.165) is 28.8 Å². The molecule has 1 aliphatic rings. The van der Waals surface area contributed by atoms with E-state index in [2.05, 4.69) is 11.7 Å². The van der Waals surface area contributed by atoms with E-state index < -0.39 is 0 Å². The average Bonchev–Trinajstić information content (AvgIpc) is 3.12. The molecule has 0 saturated heterocycles. The van der Waals surface area contributed by atoms with Crippen molar-refractivity contribution in [1.82, 2.24) is 14.7 Å². The lowest BCUT2D eigenvalue weighted by molar-refractivity contribution is 0.0768. The molecule has 0 atom stereocenters. The van der Waals surface area contributed by atoms with Gasteiger partial charge in [-0.1, -0.05) is 6.08 Å². The van der Waals surface area contributed by atoms with Crippen molar-refractivity contribution < 1.29 is 4.79 Å². The normalized spacial score (nSPS) is 14.7. The molecule has 1 saturated carbocycles. The van der Waals surface area contributed by atoms with E-state index in [1.807, 2.05) is 18.9 Å². The minimum absolute atomic E-state index is 0.0190. The molecular formula is C14H18N4OS. The number of fused-ring (bicyclic) bond motifs is 1. The van der Waals surface area contributed by atoms with Gasteiger partial charge in [-0.15, -0.1) is 17.9 Å². The van der Waals surface area contributed by atoms with Crippen molar-refractivity contribution in [2.24, 2.45) is 7.05 Å². The summed E-state index contributed by atoms with van der Waals surface area (Å²) in [5.74, 6) is 0.0190. The first-order valence-electron chi connectivity index (χ1n) is 6.68. The Kier molecular flexibility index (Phi) is 3.05. The number of hydrogen-bond donors (Lipinski definition) is 1. The summed E-state index contributed by atoms with van der Waals surface area (Å²) in [6.45, 7) is 6.23. The SMILES string of the molecule is C=CCN(C(=O)c1sc2c(c(C)nn2C)c1N)C1CC1. The first kappa shape index (κ1) is 13.2. The van der Waals surface area contributed by atoms with Crippen LogP contribution in [0, 0.1) is 6.92 Å². The van der Waals surface area contributed by atoms with Crippen LogP contribution in [0.25, 0.3) is 10.2 Å². The summed E-state index contributed by atoms with van der Waals surface area (Å²) < 4.78 is 1.79. The van der Waals surface area contributed by atoms with Crippen molar-refractivity contribution in [3.8, 4) is 0 Å². The number of carbonyl (C=O) groups is 1. The number of nitrogens with two attached hydrogens (primary N) is 1. The third-order valence-electron chi connectivity index (χ3n) is 3.65. The highest BCUT2D eigenvalue weighted by atomic mass is 32.1. The van der Waals surface area contributed by atoms with E-state index in [0.29, 0.717) is 23.2 Å².